The third-order valence-electron chi connectivity index (χ3n) is 5.57. The van der Waals surface area contributed by atoms with Crippen LogP contribution in [0.3, 0.4) is 0 Å². The molecule has 0 unspecified atom stereocenters. The van der Waals surface area contributed by atoms with E-state index in [1.165, 1.54) is 22.3 Å². The lowest BCUT2D eigenvalue weighted by molar-refractivity contribution is 0.475. The summed E-state index contributed by atoms with van der Waals surface area (Å²) in [5.74, 6) is 0.243. The van der Waals surface area contributed by atoms with E-state index in [1.54, 1.807) is 6.08 Å². The maximum absolute atomic E-state index is 10.5. The van der Waals surface area contributed by atoms with Crippen molar-refractivity contribution >= 4 is 23.1 Å². The Labute approximate surface area is 170 Å². The predicted octanol–water partition coefficient (Wildman–Crippen LogP) is 6.41. The van der Waals surface area contributed by atoms with Gasteiger partial charge in [0.05, 0.1) is 5.69 Å². The van der Waals surface area contributed by atoms with Crippen molar-refractivity contribution in [3.63, 3.8) is 0 Å². The molecule has 140 valence electrons. The van der Waals surface area contributed by atoms with Gasteiger partial charge in [-0.2, -0.15) is 0 Å². The minimum atomic E-state index is 0.243. The third kappa shape index (κ3) is 3.13. The summed E-state index contributed by atoms with van der Waals surface area (Å²) in [5, 5.41) is 11.5. The van der Waals surface area contributed by atoms with Crippen molar-refractivity contribution in [2.24, 2.45) is 0 Å². The molecule has 5 rings (SSSR count). The van der Waals surface area contributed by atoms with Crippen LogP contribution in [-0.2, 0) is 12.8 Å². The quantitative estimate of drug-likeness (QED) is 0.368. The number of aromatic nitrogens is 1. The molecule has 0 spiro atoms. The van der Waals surface area contributed by atoms with Gasteiger partial charge in [0.2, 0.25) is 0 Å². The van der Waals surface area contributed by atoms with Gasteiger partial charge in [0.1, 0.15) is 11.3 Å². The fraction of sp³-hybridized carbons (Fsp3) is 0.0741. The van der Waals surface area contributed by atoms with E-state index < -0.39 is 0 Å². The lowest BCUT2D eigenvalue weighted by Crippen LogP contribution is -1.89. The average molecular weight is 375 g/mol. The normalized spacial score (nSPS) is 12.3. The van der Waals surface area contributed by atoms with E-state index in [0.717, 1.165) is 28.6 Å². The lowest BCUT2D eigenvalue weighted by atomic mass is 10.0. The Hall–Kier alpha value is -3.65. The number of rotatable bonds is 4. The number of nitrogens with zero attached hydrogens (tertiary/aromatic N) is 1. The molecule has 0 radical (unpaired) electrons. The maximum atomic E-state index is 10.5. The first kappa shape index (κ1) is 17.4. The Kier molecular flexibility index (Phi) is 4.25. The highest BCUT2D eigenvalue weighted by atomic mass is 16.3. The molecule has 1 aliphatic rings. The Morgan fingerprint density at radius 2 is 1.72 bits per heavy atom. The highest BCUT2D eigenvalue weighted by molar-refractivity contribution is 5.87. The molecule has 0 aliphatic heterocycles. The van der Waals surface area contributed by atoms with Gasteiger partial charge in [-0.05, 0) is 58.4 Å². The topological polar surface area (TPSA) is 33.1 Å². The zero-order valence-electron chi connectivity index (χ0n) is 16.1. The minimum Gasteiger partial charge on any atom is -0.505 e. The molecule has 0 saturated carbocycles. The van der Waals surface area contributed by atoms with Crippen molar-refractivity contribution in [2.45, 2.75) is 12.8 Å². The summed E-state index contributed by atoms with van der Waals surface area (Å²) in [5.41, 5.74) is 8.91. The summed E-state index contributed by atoms with van der Waals surface area (Å²) in [6, 6.07) is 23.1. The van der Waals surface area contributed by atoms with E-state index in [1.807, 2.05) is 30.3 Å². The van der Waals surface area contributed by atoms with Crippen LogP contribution in [0.5, 0.6) is 5.75 Å². The van der Waals surface area contributed by atoms with Gasteiger partial charge in [-0.1, -0.05) is 72.8 Å². The van der Waals surface area contributed by atoms with E-state index in [-0.39, 0.29) is 5.75 Å². The van der Waals surface area contributed by atoms with Crippen LogP contribution in [0.15, 0.2) is 79.4 Å². The standard InChI is InChI=1S/C27H21NO/c1-2-5-20-11-10-19-12-14-23(28-26(19)27(20)29)13-8-18-9-15-25-22(16-18)17-21-6-3-4-7-24(21)25/h2-4,6-16,29H,1,5,17H2/b13-8+. The van der Waals surface area contributed by atoms with Crippen molar-refractivity contribution in [2.75, 3.05) is 0 Å². The highest BCUT2D eigenvalue weighted by Gasteiger charge is 2.17. The summed E-state index contributed by atoms with van der Waals surface area (Å²) in [7, 11) is 0. The Morgan fingerprint density at radius 3 is 2.62 bits per heavy atom. The van der Waals surface area contributed by atoms with Gasteiger partial charge in [0.15, 0.2) is 0 Å². The highest BCUT2D eigenvalue weighted by Crippen LogP contribution is 2.37. The van der Waals surface area contributed by atoms with Crippen LogP contribution in [0.4, 0.5) is 0 Å². The van der Waals surface area contributed by atoms with E-state index in [2.05, 4.69) is 60.1 Å². The van der Waals surface area contributed by atoms with Crippen LogP contribution >= 0.6 is 0 Å². The van der Waals surface area contributed by atoms with Crippen molar-refractivity contribution in [3.05, 3.63) is 107 Å². The Balaban J connectivity index is 1.46. The van der Waals surface area contributed by atoms with Crippen molar-refractivity contribution in [1.29, 1.82) is 0 Å². The molecule has 1 heterocycles. The zero-order valence-corrected chi connectivity index (χ0v) is 16.1. The molecule has 4 aromatic rings. The van der Waals surface area contributed by atoms with Gasteiger partial charge in [0, 0.05) is 5.39 Å². The van der Waals surface area contributed by atoms with Crippen LogP contribution in [0.1, 0.15) is 27.9 Å². The second-order valence-electron chi connectivity index (χ2n) is 7.46. The fourth-order valence-corrected chi connectivity index (χ4v) is 4.09. The maximum Gasteiger partial charge on any atom is 0.145 e. The average Bonchev–Trinajstić information content (AvgIpc) is 3.12. The molecular formula is C27H21NO. The number of hydrogen-bond donors (Lipinski definition) is 1. The Morgan fingerprint density at radius 1 is 0.897 bits per heavy atom. The van der Waals surface area contributed by atoms with Crippen LogP contribution in [-0.4, -0.2) is 10.1 Å². The van der Waals surface area contributed by atoms with Gasteiger partial charge in [-0.15, -0.1) is 6.58 Å². The molecule has 0 amide bonds. The molecule has 1 aliphatic carbocycles. The van der Waals surface area contributed by atoms with Gasteiger partial charge in [0.25, 0.3) is 0 Å². The van der Waals surface area contributed by atoms with E-state index in [4.69, 9.17) is 0 Å². The number of allylic oxidation sites excluding steroid dienone is 1. The van der Waals surface area contributed by atoms with Gasteiger partial charge < -0.3 is 5.11 Å². The fourth-order valence-electron chi connectivity index (χ4n) is 4.09. The van der Waals surface area contributed by atoms with Gasteiger partial charge in [-0.25, -0.2) is 4.98 Å². The number of benzene rings is 3. The summed E-state index contributed by atoms with van der Waals surface area (Å²) in [4.78, 5) is 4.67. The van der Waals surface area contributed by atoms with E-state index >= 15 is 0 Å². The molecule has 29 heavy (non-hydrogen) atoms. The number of fused-ring (bicyclic) bond motifs is 4. The number of hydrogen-bond acceptors (Lipinski definition) is 2. The third-order valence-corrected chi connectivity index (χ3v) is 5.57. The number of aromatic hydroxyl groups is 1. The van der Waals surface area contributed by atoms with E-state index in [0.29, 0.717) is 11.9 Å². The summed E-state index contributed by atoms with van der Waals surface area (Å²) < 4.78 is 0. The van der Waals surface area contributed by atoms with Crippen molar-refractivity contribution < 1.29 is 5.11 Å². The summed E-state index contributed by atoms with van der Waals surface area (Å²) in [6.07, 6.45) is 7.49. The molecular weight excluding hydrogens is 354 g/mol. The van der Waals surface area contributed by atoms with Crippen molar-refractivity contribution in [1.82, 2.24) is 4.98 Å². The molecule has 0 bridgehead atoms. The lowest BCUT2D eigenvalue weighted by Gasteiger charge is -2.06. The van der Waals surface area contributed by atoms with Crippen LogP contribution in [0, 0.1) is 0 Å². The molecule has 2 heteroatoms. The van der Waals surface area contributed by atoms with Crippen molar-refractivity contribution in [3.8, 4) is 16.9 Å². The van der Waals surface area contributed by atoms with Crippen LogP contribution in [0.2, 0.25) is 0 Å². The van der Waals surface area contributed by atoms with Crippen LogP contribution in [0.25, 0.3) is 34.2 Å². The van der Waals surface area contributed by atoms with Crippen LogP contribution < -0.4 is 0 Å². The largest absolute Gasteiger partial charge is 0.505 e. The monoisotopic (exact) mass is 375 g/mol. The number of pyridine rings is 1. The SMILES string of the molecule is C=CCc1ccc2ccc(/C=C/c3ccc4c(c3)Cc3ccccc3-4)nc2c1O. The first-order chi connectivity index (χ1) is 14.2. The summed E-state index contributed by atoms with van der Waals surface area (Å²) in [6.45, 7) is 3.75. The molecule has 1 aromatic heterocycles. The van der Waals surface area contributed by atoms with Gasteiger partial charge >= 0.3 is 0 Å². The Bertz CT molecular complexity index is 1280. The first-order valence-corrected chi connectivity index (χ1v) is 9.85. The van der Waals surface area contributed by atoms with E-state index in [9.17, 15) is 5.11 Å². The molecule has 0 atom stereocenters. The second kappa shape index (κ2) is 7.06. The predicted molar refractivity (Wildman–Crippen MR) is 121 cm³/mol. The summed E-state index contributed by atoms with van der Waals surface area (Å²) >= 11 is 0. The van der Waals surface area contributed by atoms with Gasteiger partial charge in [-0.3, -0.25) is 0 Å². The zero-order chi connectivity index (χ0) is 19.8. The molecule has 1 N–H and O–H groups in total. The smallest absolute Gasteiger partial charge is 0.145 e. The molecule has 2 nitrogen and oxygen atoms in total. The molecule has 0 fully saturated rings. The second-order valence-corrected chi connectivity index (χ2v) is 7.46. The molecule has 3 aromatic carbocycles. The number of phenolic OH excluding ortho intramolecular Hbond substituents is 1. The first-order valence-electron chi connectivity index (χ1n) is 9.85. The minimum absolute atomic E-state index is 0.243. The number of phenols is 1. The molecule has 0 saturated heterocycles.